The first-order valence-corrected chi connectivity index (χ1v) is 6.45. The summed E-state index contributed by atoms with van der Waals surface area (Å²) in [6.07, 6.45) is 1.95. The number of carbonyl (C=O) groups is 1. The Balaban J connectivity index is 2.13. The van der Waals surface area contributed by atoms with Gasteiger partial charge in [-0.05, 0) is 37.5 Å². The molecule has 19 heavy (non-hydrogen) atoms. The molecule has 1 aliphatic rings. The van der Waals surface area contributed by atoms with Gasteiger partial charge in [0.2, 0.25) is 11.7 Å². The van der Waals surface area contributed by atoms with Crippen LogP contribution in [0.2, 0.25) is 5.02 Å². The van der Waals surface area contributed by atoms with E-state index in [0.29, 0.717) is 16.6 Å². The fourth-order valence-corrected chi connectivity index (χ4v) is 2.25. The largest absolute Gasteiger partial charge is 0.475 e. The summed E-state index contributed by atoms with van der Waals surface area (Å²) in [6, 6.07) is 5.41. The summed E-state index contributed by atoms with van der Waals surface area (Å²) < 4.78 is 5.43. The zero-order chi connectivity index (χ0) is 13.6. The number of halogens is 1. The molecule has 98 valence electrons. The van der Waals surface area contributed by atoms with E-state index in [9.17, 15) is 4.79 Å². The molecule has 1 fully saturated rings. The van der Waals surface area contributed by atoms with Gasteiger partial charge in [-0.3, -0.25) is 0 Å². The van der Waals surface area contributed by atoms with Crippen LogP contribution in [0.5, 0.6) is 0 Å². The lowest BCUT2D eigenvalue weighted by Crippen LogP contribution is -1.98. The summed E-state index contributed by atoms with van der Waals surface area (Å²) >= 11 is 6.06. The van der Waals surface area contributed by atoms with Crippen LogP contribution in [0.1, 0.15) is 40.6 Å². The maximum Gasteiger partial charge on any atom is 0.373 e. The number of carboxylic acids is 1. The summed E-state index contributed by atoms with van der Waals surface area (Å²) in [5, 5.41) is 9.78. The van der Waals surface area contributed by atoms with Gasteiger partial charge in [0.05, 0.1) is 5.69 Å². The minimum Gasteiger partial charge on any atom is -0.475 e. The normalized spacial score (nSPS) is 14.6. The topological polar surface area (TPSA) is 63.3 Å². The second-order valence-electron chi connectivity index (χ2n) is 4.73. The minimum absolute atomic E-state index is 0.0446. The Bertz CT molecular complexity index is 659. The van der Waals surface area contributed by atoms with Crippen LogP contribution in [0, 0.1) is 6.92 Å². The first kappa shape index (κ1) is 12.2. The molecule has 1 heterocycles. The lowest BCUT2D eigenvalue weighted by atomic mass is 10.1. The molecule has 0 unspecified atom stereocenters. The van der Waals surface area contributed by atoms with Gasteiger partial charge in [-0.15, -0.1) is 0 Å². The Kier molecular flexibility index (Phi) is 2.82. The number of nitrogens with zero attached hydrogens (tertiary/aromatic N) is 1. The first-order valence-electron chi connectivity index (χ1n) is 6.07. The Morgan fingerprint density at radius 1 is 1.47 bits per heavy atom. The smallest absolute Gasteiger partial charge is 0.373 e. The Labute approximate surface area is 115 Å². The van der Waals surface area contributed by atoms with Crippen LogP contribution in [-0.2, 0) is 0 Å². The summed E-state index contributed by atoms with van der Waals surface area (Å²) in [5.41, 5.74) is 2.13. The van der Waals surface area contributed by atoms with Gasteiger partial charge in [-0.25, -0.2) is 9.78 Å². The van der Waals surface area contributed by atoms with Gasteiger partial charge in [0, 0.05) is 16.5 Å². The van der Waals surface area contributed by atoms with Crippen molar-refractivity contribution in [3.63, 3.8) is 0 Å². The number of carboxylic acid groups (broad SMARTS) is 1. The average Bonchev–Trinajstić information content (AvgIpc) is 3.12. The molecule has 1 N–H and O–H groups in total. The van der Waals surface area contributed by atoms with Crippen molar-refractivity contribution in [2.45, 2.75) is 25.7 Å². The highest BCUT2D eigenvalue weighted by Gasteiger charge is 2.33. The molecule has 1 aromatic heterocycles. The van der Waals surface area contributed by atoms with Crippen molar-refractivity contribution in [3.05, 3.63) is 40.2 Å². The number of aromatic nitrogens is 1. The van der Waals surface area contributed by atoms with E-state index in [0.717, 1.165) is 24.0 Å². The molecular formula is C14H12ClNO3. The van der Waals surface area contributed by atoms with Crippen LogP contribution in [0.25, 0.3) is 11.5 Å². The predicted molar refractivity (Wildman–Crippen MR) is 70.6 cm³/mol. The van der Waals surface area contributed by atoms with Gasteiger partial charge in [0.25, 0.3) is 0 Å². The van der Waals surface area contributed by atoms with Crippen molar-refractivity contribution in [2.24, 2.45) is 0 Å². The van der Waals surface area contributed by atoms with E-state index in [1.807, 2.05) is 13.0 Å². The molecular weight excluding hydrogens is 266 g/mol. The Hall–Kier alpha value is -1.81. The zero-order valence-corrected chi connectivity index (χ0v) is 11.1. The number of benzene rings is 1. The number of hydrogen-bond acceptors (Lipinski definition) is 3. The quantitative estimate of drug-likeness (QED) is 0.925. The number of rotatable bonds is 3. The molecule has 0 atom stereocenters. The summed E-state index contributed by atoms with van der Waals surface area (Å²) in [5.74, 6) is -0.556. The molecule has 0 aliphatic heterocycles. The van der Waals surface area contributed by atoms with Gasteiger partial charge in [-0.1, -0.05) is 17.7 Å². The molecule has 0 saturated heterocycles. The van der Waals surface area contributed by atoms with Gasteiger partial charge >= 0.3 is 5.97 Å². The van der Waals surface area contributed by atoms with Gasteiger partial charge < -0.3 is 9.52 Å². The second kappa shape index (κ2) is 4.38. The van der Waals surface area contributed by atoms with Crippen molar-refractivity contribution in [1.29, 1.82) is 0 Å². The van der Waals surface area contributed by atoms with Gasteiger partial charge in [0.15, 0.2) is 0 Å². The molecule has 4 nitrogen and oxygen atoms in total. The lowest BCUT2D eigenvalue weighted by Gasteiger charge is -2.02. The lowest BCUT2D eigenvalue weighted by molar-refractivity contribution is 0.0661. The van der Waals surface area contributed by atoms with Crippen LogP contribution in [0.3, 0.4) is 0 Å². The van der Waals surface area contributed by atoms with Crippen LogP contribution in [0.4, 0.5) is 0 Å². The van der Waals surface area contributed by atoms with E-state index in [2.05, 4.69) is 4.98 Å². The molecule has 1 aliphatic carbocycles. The van der Waals surface area contributed by atoms with E-state index in [-0.39, 0.29) is 11.7 Å². The van der Waals surface area contributed by atoms with Crippen molar-refractivity contribution < 1.29 is 14.3 Å². The van der Waals surface area contributed by atoms with Crippen LogP contribution in [-0.4, -0.2) is 16.1 Å². The molecule has 1 saturated carbocycles. The average molecular weight is 278 g/mol. The number of hydrogen-bond donors (Lipinski definition) is 1. The summed E-state index contributed by atoms with van der Waals surface area (Å²) in [6.45, 7) is 1.86. The molecule has 0 bridgehead atoms. The van der Waals surface area contributed by atoms with E-state index >= 15 is 0 Å². The van der Waals surface area contributed by atoms with Crippen molar-refractivity contribution in [1.82, 2.24) is 4.98 Å². The fourth-order valence-electron chi connectivity index (χ4n) is 2.07. The van der Waals surface area contributed by atoms with E-state index in [4.69, 9.17) is 21.1 Å². The summed E-state index contributed by atoms with van der Waals surface area (Å²) in [4.78, 5) is 15.6. The third-order valence-corrected chi connectivity index (χ3v) is 3.72. The number of oxazole rings is 1. The molecule has 5 heteroatoms. The van der Waals surface area contributed by atoms with Crippen molar-refractivity contribution in [3.8, 4) is 11.5 Å². The van der Waals surface area contributed by atoms with Gasteiger partial charge in [-0.2, -0.15) is 0 Å². The molecule has 0 radical (unpaired) electrons. The standard InChI is InChI=1S/C14H12ClNO3/c1-7-9(3-2-4-10(7)15)13-16-11(8-5-6-8)12(19-13)14(17)18/h2-4,8H,5-6H2,1H3,(H,17,18). The third-order valence-electron chi connectivity index (χ3n) is 3.31. The fraction of sp³-hybridized carbons (Fsp3) is 0.286. The third kappa shape index (κ3) is 2.12. The van der Waals surface area contributed by atoms with Crippen molar-refractivity contribution >= 4 is 17.6 Å². The molecule has 0 spiro atoms. The summed E-state index contributed by atoms with van der Waals surface area (Å²) in [7, 11) is 0. The maximum absolute atomic E-state index is 11.2. The molecule has 2 aromatic rings. The zero-order valence-electron chi connectivity index (χ0n) is 10.3. The van der Waals surface area contributed by atoms with Crippen LogP contribution >= 0.6 is 11.6 Å². The van der Waals surface area contributed by atoms with Crippen LogP contribution < -0.4 is 0 Å². The van der Waals surface area contributed by atoms with Crippen molar-refractivity contribution in [2.75, 3.05) is 0 Å². The minimum atomic E-state index is -1.07. The monoisotopic (exact) mass is 277 g/mol. The highest BCUT2D eigenvalue weighted by molar-refractivity contribution is 6.31. The highest BCUT2D eigenvalue weighted by atomic mass is 35.5. The second-order valence-corrected chi connectivity index (χ2v) is 5.13. The predicted octanol–water partition coefficient (Wildman–Crippen LogP) is 3.88. The van der Waals surface area contributed by atoms with E-state index in [1.165, 1.54) is 0 Å². The SMILES string of the molecule is Cc1c(Cl)cccc1-c1nc(C2CC2)c(C(=O)O)o1. The van der Waals surface area contributed by atoms with Crippen LogP contribution in [0.15, 0.2) is 22.6 Å². The Morgan fingerprint density at radius 2 is 2.21 bits per heavy atom. The van der Waals surface area contributed by atoms with Gasteiger partial charge in [0.1, 0.15) is 0 Å². The highest BCUT2D eigenvalue weighted by Crippen LogP contribution is 2.42. The Morgan fingerprint density at radius 3 is 2.84 bits per heavy atom. The maximum atomic E-state index is 11.2. The van der Waals surface area contributed by atoms with E-state index < -0.39 is 5.97 Å². The molecule has 1 aromatic carbocycles. The first-order chi connectivity index (χ1) is 9.08. The molecule has 3 rings (SSSR count). The number of aromatic carboxylic acids is 1. The van der Waals surface area contributed by atoms with E-state index in [1.54, 1.807) is 12.1 Å². The molecule has 0 amide bonds.